The molecule has 0 fully saturated rings. The van der Waals surface area contributed by atoms with Crippen LogP contribution in [-0.2, 0) is 9.84 Å². The van der Waals surface area contributed by atoms with E-state index < -0.39 is 9.84 Å². The van der Waals surface area contributed by atoms with E-state index in [9.17, 15) is 8.42 Å². The molecule has 1 aliphatic carbocycles. The summed E-state index contributed by atoms with van der Waals surface area (Å²) >= 11 is 0. The molecule has 0 unspecified atom stereocenters. The first-order valence-electron chi connectivity index (χ1n) is 8.12. The fourth-order valence-electron chi connectivity index (χ4n) is 2.35. The van der Waals surface area contributed by atoms with Crippen LogP contribution in [0.15, 0.2) is 46.3 Å². The lowest BCUT2D eigenvalue weighted by Gasteiger charge is -2.16. The SMILES string of the molecule is CCNC(=NCCOc1ccc(S(C)(=O)=O)cc1)NC1CC=CC1. The Morgan fingerprint density at radius 2 is 1.92 bits per heavy atom. The van der Waals surface area contributed by atoms with Crippen LogP contribution < -0.4 is 15.4 Å². The Balaban J connectivity index is 1.80. The van der Waals surface area contributed by atoms with Crippen molar-refractivity contribution in [2.24, 2.45) is 4.99 Å². The zero-order chi connectivity index (χ0) is 17.4. The van der Waals surface area contributed by atoms with E-state index in [4.69, 9.17) is 4.74 Å². The first kappa shape index (κ1) is 18.3. The quantitative estimate of drug-likeness (QED) is 0.339. The Morgan fingerprint density at radius 1 is 1.25 bits per heavy atom. The number of nitrogens with one attached hydrogen (secondary N) is 2. The van der Waals surface area contributed by atoms with Crippen LogP contribution in [0.5, 0.6) is 5.75 Å². The molecule has 2 N–H and O–H groups in total. The third-order valence-corrected chi connectivity index (χ3v) is 4.70. The Morgan fingerprint density at radius 3 is 2.50 bits per heavy atom. The molecule has 1 aliphatic rings. The highest BCUT2D eigenvalue weighted by Crippen LogP contribution is 2.15. The van der Waals surface area contributed by atoms with Gasteiger partial charge < -0.3 is 15.4 Å². The van der Waals surface area contributed by atoms with E-state index in [1.807, 2.05) is 6.92 Å². The number of guanidine groups is 1. The largest absolute Gasteiger partial charge is 0.492 e. The topological polar surface area (TPSA) is 79.8 Å². The molecule has 0 amide bonds. The molecule has 1 aromatic carbocycles. The van der Waals surface area contributed by atoms with Crippen LogP contribution in [0.4, 0.5) is 0 Å². The van der Waals surface area contributed by atoms with Gasteiger partial charge >= 0.3 is 0 Å². The molecule has 132 valence electrons. The Labute approximate surface area is 143 Å². The molecule has 1 aromatic rings. The minimum atomic E-state index is -3.17. The van der Waals surface area contributed by atoms with E-state index in [1.54, 1.807) is 24.3 Å². The average molecular weight is 351 g/mol. The predicted octanol–water partition coefficient (Wildman–Crippen LogP) is 1.74. The molecule has 0 aromatic heterocycles. The molecule has 0 bridgehead atoms. The van der Waals surface area contributed by atoms with Crippen molar-refractivity contribution in [2.75, 3.05) is 26.0 Å². The first-order chi connectivity index (χ1) is 11.5. The van der Waals surface area contributed by atoms with Gasteiger partial charge in [0.25, 0.3) is 0 Å². The summed E-state index contributed by atoms with van der Waals surface area (Å²) in [4.78, 5) is 4.78. The lowest BCUT2D eigenvalue weighted by molar-refractivity contribution is 0.328. The highest BCUT2D eigenvalue weighted by atomic mass is 32.2. The summed E-state index contributed by atoms with van der Waals surface area (Å²) < 4.78 is 28.4. The minimum Gasteiger partial charge on any atom is -0.492 e. The van der Waals surface area contributed by atoms with Gasteiger partial charge in [-0.05, 0) is 44.0 Å². The molecule has 0 saturated heterocycles. The summed E-state index contributed by atoms with van der Waals surface area (Å²) in [7, 11) is -3.17. The van der Waals surface area contributed by atoms with Gasteiger partial charge in [0, 0.05) is 18.8 Å². The molecule has 7 heteroatoms. The average Bonchev–Trinajstić information content (AvgIpc) is 3.04. The van der Waals surface area contributed by atoms with Gasteiger partial charge in [0.1, 0.15) is 12.4 Å². The zero-order valence-electron chi connectivity index (χ0n) is 14.2. The van der Waals surface area contributed by atoms with Crippen molar-refractivity contribution in [2.45, 2.75) is 30.7 Å². The van der Waals surface area contributed by atoms with Gasteiger partial charge in [-0.2, -0.15) is 0 Å². The number of ether oxygens (including phenoxy) is 1. The molecule has 0 spiro atoms. The van der Waals surface area contributed by atoms with E-state index in [-0.39, 0.29) is 4.90 Å². The van der Waals surface area contributed by atoms with E-state index in [1.165, 1.54) is 6.26 Å². The molecule has 0 atom stereocenters. The summed E-state index contributed by atoms with van der Waals surface area (Å²) in [5.41, 5.74) is 0. The highest BCUT2D eigenvalue weighted by Gasteiger charge is 2.11. The second kappa shape index (κ2) is 8.73. The van der Waals surface area contributed by atoms with Crippen LogP contribution in [0.3, 0.4) is 0 Å². The van der Waals surface area contributed by atoms with Crippen LogP contribution in [0.2, 0.25) is 0 Å². The molecule has 0 saturated carbocycles. The maximum absolute atomic E-state index is 11.4. The fourth-order valence-corrected chi connectivity index (χ4v) is 2.98. The zero-order valence-corrected chi connectivity index (χ0v) is 15.0. The normalized spacial score (nSPS) is 15.5. The van der Waals surface area contributed by atoms with Crippen LogP contribution in [-0.4, -0.2) is 46.4 Å². The van der Waals surface area contributed by atoms with Gasteiger partial charge in [-0.1, -0.05) is 12.2 Å². The van der Waals surface area contributed by atoms with Gasteiger partial charge in [0.05, 0.1) is 11.4 Å². The first-order valence-corrected chi connectivity index (χ1v) is 10.0. The van der Waals surface area contributed by atoms with Crippen molar-refractivity contribution < 1.29 is 13.2 Å². The Kier molecular flexibility index (Phi) is 6.66. The van der Waals surface area contributed by atoms with Crippen molar-refractivity contribution in [3.8, 4) is 5.75 Å². The maximum Gasteiger partial charge on any atom is 0.191 e. The number of hydrogen-bond acceptors (Lipinski definition) is 4. The summed E-state index contributed by atoms with van der Waals surface area (Å²) in [6.07, 6.45) is 7.57. The van der Waals surface area contributed by atoms with Crippen molar-refractivity contribution >= 4 is 15.8 Å². The van der Waals surface area contributed by atoms with Crippen molar-refractivity contribution in [1.82, 2.24) is 10.6 Å². The molecule has 0 heterocycles. The molecule has 6 nitrogen and oxygen atoms in total. The third-order valence-electron chi connectivity index (χ3n) is 3.57. The number of nitrogens with zero attached hydrogens (tertiary/aromatic N) is 1. The fraction of sp³-hybridized carbons (Fsp3) is 0.471. The predicted molar refractivity (Wildman–Crippen MR) is 96.3 cm³/mol. The van der Waals surface area contributed by atoms with Gasteiger partial charge in [-0.25, -0.2) is 13.4 Å². The van der Waals surface area contributed by atoms with Gasteiger partial charge in [0.15, 0.2) is 15.8 Å². The molecule has 0 radical (unpaired) electrons. The minimum absolute atomic E-state index is 0.289. The van der Waals surface area contributed by atoms with Crippen LogP contribution >= 0.6 is 0 Å². The molecule has 0 aliphatic heterocycles. The summed E-state index contributed by atoms with van der Waals surface area (Å²) in [5, 5.41) is 6.61. The van der Waals surface area contributed by atoms with Crippen LogP contribution in [0, 0.1) is 0 Å². The monoisotopic (exact) mass is 351 g/mol. The smallest absolute Gasteiger partial charge is 0.191 e. The highest BCUT2D eigenvalue weighted by molar-refractivity contribution is 7.90. The van der Waals surface area contributed by atoms with Gasteiger partial charge in [0.2, 0.25) is 0 Å². The summed E-state index contributed by atoms with van der Waals surface area (Å²) in [5.74, 6) is 1.43. The summed E-state index contributed by atoms with van der Waals surface area (Å²) in [6.45, 7) is 3.78. The number of benzene rings is 1. The second-order valence-electron chi connectivity index (χ2n) is 5.64. The van der Waals surface area contributed by atoms with Gasteiger partial charge in [-0.3, -0.25) is 0 Å². The van der Waals surface area contributed by atoms with E-state index in [0.29, 0.717) is 24.9 Å². The van der Waals surface area contributed by atoms with Crippen LogP contribution in [0.1, 0.15) is 19.8 Å². The van der Waals surface area contributed by atoms with Crippen molar-refractivity contribution in [3.63, 3.8) is 0 Å². The maximum atomic E-state index is 11.4. The molecule has 24 heavy (non-hydrogen) atoms. The Bertz CT molecular complexity index is 674. The van der Waals surface area contributed by atoms with E-state index >= 15 is 0 Å². The number of hydrogen-bond donors (Lipinski definition) is 2. The van der Waals surface area contributed by atoms with Gasteiger partial charge in [-0.15, -0.1) is 0 Å². The van der Waals surface area contributed by atoms with E-state index in [2.05, 4.69) is 27.8 Å². The number of aliphatic imine (C=N–C) groups is 1. The van der Waals surface area contributed by atoms with Crippen LogP contribution in [0.25, 0.3) is 0 Å². The molecular formula is C17H25N3O3S. The second-order valence-corrected chi connectivity index (χ2v) is 7.65. The van der Waals surface area contributed by atoms with Crippen molar-refractivity contribution in [1.29, 1.82) is 0 Å². The standard InChI is InChI=1S/C17H25N3O3S/c1-3-18-17(20-14-6-4-5-7-14)19-12-13-23-15-8-10-16(11-9-15)24(2,21)22/h4-5,8-11,14H,3,6-7,12-13H2,1-2H3,(H2,18,19,20). The van der Waals surface area contributed by atoms with Crippen molar-refractivity contribution in [3.05, 3.63) is 36.4 Å². The molecular weight excluding hydrogens is 326 g/mol. The lowest BCUT2D eigenvalue weighted by atomic mass is 10.2. The van der Waals surface area contributed by atoms with E-state index in [0.717, 1.165) is 25.3 Å². The third kappa shape index (κ3) is 5.88. The lowest BCUT2D eigenvalue weighted by Crippen LogP contribution is -2.42. The number of rotatable bonds is 7. The number of sulfone groups is 1. The Hall–Kier alpha value is -2.02. The summed E-state index contributed by atoms with van der Waals surface area (Å²) in [6, 6.07) is 6.83. The molecule has 2 rings (SSSR count).